The highest BCUT2D eigenvalue weighted by molar-refractivity contribution is 6.30. The van der Waals surface area contributed by atoms with E-state index in [-0.39, 0.29) is 18.1 Å². The minimum Gasteiger partial charge on any atom is -0.376 e. The van der Waals surface area contributed by atoms with Crippen molar-refractivity contribution in [2.45, 2.75) is 72.1 Å². The molecule has 3 nitrogen and oxygen atoms in total. The van der Waals surface area contributed by atoms with E-state index in [0.717, 1.165) is 29.8 Å². The first-order chi connectivity index (χ1) is 11.8. The van der Waals surface area contributed by atoms with E-state index in [2.05, 4.69) is 27.7 Å². The molecule has 0 bridgehead atoms. The van der Waals surface area contributed by atoms with E-state index < -0.39 is 0 Å². The quantitative estimate of drug-likeness (QED) is 0.593. The van der Waals surface area contributed by atoms with Gasteiger partial charge in [0.2, 0.25) is 5.91 Å². The van der Waals surface area contributed by atoms with Crippen molar-refractivity contribution in [1.82, 2.24) is 4.90 Å². The minimum absolute atomic E-state index is 0.185. The van der Waals surface area contributed by atoms with Crippen LogP contribution in [0.1, 0.15) is 58.9 Å². The number of halogens is 1. The van der Waals surface area contributed by atoms with Gasteiger partial charge in [-0.1, -0.05) is 51.4 Å². The first kappa shape index (κ1) is 20.3. The number of benzene rings is 1. The van der Waals surface area contributed by atoms with Gasteiger partial charge in [-0.3, -0.25) is 4.79 Å². The Kier molecular flexibility index (Phi) is 7.77. The molecule has 2 rings (SSSR count). The Bertz CT molecular complexity index is 531. The minimum atomic E-state index is 0.185. The molecule has 1 fully saturated rings. The highest BCUT2D eigenvalue weighted by Crippen LogP contribution is 2.24. The van der Waals surface area contributed by atoms with Crippen LogP contribution in [0, 0.1) is 11.8 Å². The lowest BCUT2D eigenvalue weighted by molar-refractivity contribution is -0.130. The molecule has 4 heteroatoms. The summed E-state index contributed by atoms with van der Waals surface area (Å²) in [5.74, 6) is 1.48. The fraction of sp³-hybridized carbons (Fsp3) is 0.667. The van der Waals surface area contributed by atoms with Crippen molar-refractivity contribution in [3.05, 3.63) is 34.9 Å². The van der Waals surface area contributed by atoms with Crippen molar-refractivity contribution in [1.29, 1.82) is 0 Å². The highest BCUT2D eigenvalue weighted by Gasteiger charge is 2.31. The third-order valence-corrected chi connectivity index (χ3v) is 4.96. The largest absolute Gasteiger partial charge is 0.376 e. The van der Waals surface area contributed by atoms with E-state index in [1.165, 1.54) is 0 Å². The molecule has 1 unspecified atom stereocenters. The average molecular weight is 366 g/mol. The van der Waals surface area contributed by atoms with Crippen LogP contribution in [0.3, 0.4) is 0 Å². The Balaban J connectivity index is 1.94. The maximum absolute atomic E-state index is 12.3. The number of rotatable bonds is 9. The van der Waals surface area contributed by atoms with Gasteiger partial charge < -0.3 is 9.64 Å². The number of amides is 1. The number of ether oxygens (including phenoxy) is 1. The Morgan fingerprint density at radius 3 is 2.28 bits per heavy atom. The highest BCUT2D eigenvalue weighted by atomic mass is 35.5. The summed E-state index contributed by atoms with van der Waals surface area (Å²) < 4.78 is 6.27. The molecule has 140 valence electrons. The molecule has 1 aliphatic rings. The van der Waals surface area contributed by atoms with E-state index in [4.69, 9.17) is 16.3 Å². The van der Waals surface area contributed by atoms with E-state index in [0.29, 0.717) is 31.4 Å². The SMILES string of the molecule is CC(C)CC(CC(C)C)OCC1CCC(=O)N1Cc1ccc(Cl)cc1. The third kappa shape index (κ3) is 6.63. The molecule has 1 aliphatic heterocycles. The Labute approximate surface area is 157 Å². The number of nitrogens with zero attached hydrogens (tertiary/aromatic N) is 1. The van der Waals surface area contributed by atoms with Crippen molar-refractivity contribution >= 4 is 17.5 Å². The van der Waals surface area contributed by atoms with Crippen LogP contribution >= 0.6 is 11.6 Å². The van der Waals surface area contributed by atoms with Crippen LogP contribution in [-0.4, -0.2) is 29.6 Å². The average Bonchev–Trinajstić information content (AvgIpc) is 2.86. The molecule has 1 atom stereocenters. The van der Waals surface area contributed by atoms with Crippen LogP contribution in [0.2, 0.25) is 5.02 Å². The molecule has 0 radical (unpaired) electrons. The standard InChI is InChI=1S/C21H32ClNO2/c1-15(2)11-20(12-16(3)4)25-14-19-9-10-21(24)23(19)13-17-5-7-18(22)8-6-17/h5-8,15-16,19-20H,9-14H2,1-4H3. The fourth-order valence-electron chi connectivity index (χ4n) is 3.50. The van der Waals surface area contributed by atoms with Gasteiger partial charge in [0.1, 0.15) is 0 Å². The summed E-state index contributed by atoms with van der Waals surface area (Å²) in [5.41, 5.74) is 1.12. The van der Waals surface area contributed by atoms with Gasteiger partial charge in [-0.25, -0.2) is 0 Å². The van der Waals surface area contributed by atoms with Crippen LogP contribution in [0.15, 0.2) is 24.3 Å². The Morgan fingerprint density at radius 2 is 1.72 bits per heavy atom. The van der Waals surface area contributed by atoms with Gasteiger partial charge in [0.15, 0.2) is 0 Å². The molecule has 0 aromatic heterocycles. The summed E-state index contributed by atoms with van der Waals surface area (Å²) in [4.78, 5) is 14.3. The van der Waals surface area contributed by atoms with E-state index >= 15 is 0 Å². The van der Waals surface area contributed by atoms with Gasteiger partial charge in [-0.2, -0.15) is 0 Å². The topological polar surface area (TPSA) is 29.5 Å². The lowest BCUT2D eigenvalue weighted by Gasteiger charge is -2.28. The maximum Gasteiger partial charge on any atom is 0.223 e. The van der Waals surface area contributed by atoms with E-state index in [1.54, 1.807) is 0 Å². The summed E-state index contributed by atoms with van der Waals surface area (Å²) in [6.45, 7) is 10.2. The molecule has 0 spiro atoms. The van der Waals surface area contributed by atoms with Gasteiger partial charge in [0.25, 0.3) is 0 Å². The summed E-state index contributed by atoms with van der Waals surface area (Å²) in [5, 5.41) is 0.724. The molecule has 0 N–H and O–H groups in total. The summed E-state index contributed by atoms with van der Waals surface area (Å²) >= 11 is 5.95. The first-order valence-corrected chi connectivity index (χ1v) is 9.88. The molecule has 25 heavy (non-hydrogen) atoms. The summed E-state index contributed by atoms with van der Waals surface area (Å²) in [6.07, 6.45) is 3.96. The van der Waals surface area contributed by atoms with Gasteiger partial charge in [-0.15, -0.1) is 0 Å². The zero-order valence-corrected chi connectivity index (χ0v) is 16.8. The van der Waals surface area contributed by atoms with Crippen LogP contribution < -0.4 is 0 Å². The lowest BCUT2D eigenvalue weighted by atomic mass is 9.98. The number of carbonyl (C=O) groups excluding carboxylic acids is 1. The van der Waals surface area contributed by atoms with Crippen molar-refractivity contribution in [3.63, 3.8) is 0 Å². The fourth-order valence-corrected chi connectivity index (χ4v) is 3.63. The van der Waals surface area contributed by atoms with Crippen LogP contribution in [0.4, 0.5) is 0 Å². The molecular formula is C21H32ClNO2. The van der Waals surface area contributed by atoms with Gasteiger partial charge in [-0.05, 0) is 48.8 Å². The second kappa shape index (κ2) is 9.59. The van der Waals surface area contributed by atoms with Crippen molar-refractivity contribution in [2.24, 2.45) is 11.8 Å². The maximum atomic E-state index is 12.3. The normalized spacial score (nSPS) is 18.2. The van der Waals surface area contributed by atoms with Crippen molar-refractivity contribution in [3.8, 4) is 0 Å². The van der Waals surface area contributed by atoms with Gasteiger partial charge >= 0.3 is 0 Å². The lowest BCUT2D eigenvalue weighted by Crippen LogP contribution is -2.37. The summed E-state index contributed by atoms with van der Waals surface area (Å²) in [6, 6.07) is 7.93. The first-order valence-electron chi connectivity index (χ1n) is 9.50. The molecule has 0 aliphatic carbocycles. The van der Waals surface area contributed by atoms with Crippen LogP contribution in [-0.2, 0) is 16.1 Å². The Hall–Kier alpha value is -1.06. The van der Waals surface area contributed by atoms with E-state index in [9.17, 15) is 4.79 Å². The molecule has 1 aromatic rings. The zero-order valence-electron chi connectivity index (χ0n) is 16.0. The number of carbonyl (C=O) groups is 1. The Morgan fingerprint density at radius 1 is 1.12 bits per heavy atom. The number of hydrogen-bond acceptors (Lipinski definition) is 2. The molecule has 1 aromatic carbocycles. The molecule has 0 saturated carbocycles. The molecule has 1 amide bonds. The zero-order chi connectivity index (χ0) is 18.4. The van der Waals surface area contributed by atoms with Crippen molar-refractivity contribution in [2.75, 3.05) is 6.61 Å². The molecule has 1 saturated heterocycles. The van der Waals surface area contributed by atoms with Gasteiger partial charge in [0, 0.05) is 18.0 Å². The summed E-state index contributed by atoms with van der Waals surface area (Å²) in [7, 11) is 0. The molecule has 1 heterocycles. The van der Waals surface area contributed by atoms with Crippen molar-refractivity contribution < 1.29 is 9.53 Å². The second-order valence-electron chi connectivity index (χ2n) is 8.06. The van der Waals surface area contributed by atoms with Crippen LogP contribution in [0.25, 0.3) is 0 Å². The predicted octanol–water partition coefficient (Wildman–Crippen LogP) is 5.31. The van der Waals surface area contributed by atoms with Gasteiger partial charge in [0.05, 0.1) is 18.8 Å². The van der Waals surface area contributed by atoms with Crippen LogP contribution in [0.5, 0.6) is 0 Å². The number of likely N-dealkylation sites (tertiary alicyclic amines) is 1. The van der Waals surface area contributed by atoms with E-state index in [1.807, 2.05) is 29.2 Å². The second-order valence-corrected chi connectivity index (χ2v) is 8.49. The molecular weight excluding hydrogens is 334 g/mol. The monoisotopic (exact) mass is 365 g/mol. The smallest absolute Gasteiger partial charge is 0.223 e. The predicted molar refractivity (Wildman–Crippen MR) is 104 cm³/mol. The third-order valence-electron chi connectivity index (χ3n) is 4.71. The number of hydrogen-bond donors (Lipinski definition) is 0.